The highest BCUT2D eigenvalue weighted by Crippen LogP contribution is 2.25. The van der Waals surface area contributed by atoms with Gasteiger partial charge in [0.2, 0.25) is 0 Å². The summed E-state index contributed by atoms with van der Waals surface area (Å²) in [6.07, 6.45) is -1.40. The maximum Gasteiger partial charge on any atom is 0.363 e. The number of hydrogen-bond acceptors (Lipinski definition) is 4. The fraction of sp³-hybridized carbons (Fsp3) is 0.125. The molecule has 1 heterocycles. The molecule has 1 aliphatic rings. The van der Waals surface area contributed by atoms with Gasteiger partial charge in [0.1, 0.15) is 0 Å². The Morgan fingerprint density at radius 1 is 1.29 bits per heavy atom. The molecule has 0 fully saturated rings. The van der Waals surface area contributed by atoms with Gasteiger partial charge in [-0.2, -0.15) is 0 Å². The Balaban J connectivity index is 2.36. The Hall–Kier alpha value is -2.11. The average Bonchev–Trinajstić information content (AvgIpc) is 2.16. The van der Waals surface area contributed by atoms with Gasteiger partial charge in [0.25, 0.3) is 0 Å². The van der Waals surface area contributed by atoms with Crippen LogP contribution in [0.5, 0.6) is 0 Å². The molecule has 0 bridgehead atoms. The van der Waals surface area contributed by atoms with Gasteiger partial charge in [-0.3, -0.25) is 14.9 Å². The van der Waals surface area contributed by atoms with Crippen molar-refractivity contribution in [1.29, 1.82) is 0 Å². The Morgan fingerprint density at radius 3 is 2.57 bits per heavy atom. The smallest absolute Gasteiger partial charge is 0.316 e. The zero-order valence-corrected chi connectivity index (χ0v) is 7.06. The molecule has 0 saturated heterocycles. The number of anilines is 2. The van der Waals surface area contributed by atoms with E-state index in [-0.39, 0.29) is 0 Å². The number of rotatable bonds is 1. The van der Waals surface area contributed by atoms with Crippen molar-refractivity contribution in [3.8, 4) is 0 Å². The van der Waals surface area contributed by atoms with Crippen LogP contribution in [0.25, 0.3) is 0 Å². The summed E-state index contributed by atoms with van der Waals surface area (Å²) in [5.41, 5.74) is 1.13. The van der Waals surface area contributed by atoms with E-state index in [1.54, 1.807) is 24.3 Å². The second kappa shape index (κ2) is 2.99. The molecule has 72 valence electrons. The van der Waals surface area contributed by atoms with Crippen LogP contribution in [0.4, 0.5) is 11.4 Å². The number of hydrogen-bond donors (Lipinski definition) is 2. The minimum Gasteiger partial charge on any atom is -0.316 e. The third-order valence-corrected chi connectivity index (χ3v) is 1.94. The van der Waals surface area contributed by atoms with Gasteiger partial charge in [-0.25, -0.2) is 0 Å². The van der Waals surface area contributed by atoms with Crippen LogP contribution in [0.2, 0.25) is 0 Å². The molecule has 14 heavy (non-hydrogen) atoms. The van der Waals surface area contributed by atoms with Crippen molar-refractivity contribution in [3.05, 3.63) is 34.4 Å². The standard InChI is InChI=1S/C8H7N3O3/c12-8-7(11(13)14)9-5-3-1-2-4-6(5)10-8/h1-4,7,9H,(H,10,12). The normalized spacial score (nSPS) is 19.1. The Morgan fingerprint density at radius 2 is 1.93 bits per heavy atom. The van der Waals surface area contributed by atoms with E-state index in [1.165, 1.54) is 0 Å². The maximum absolute atomic E-state index is 11.2. The second-order valence-electron chi connectivity index (χ2n) is 2.87. The molecule has 2 N–H and O–H groups in total. The zero-order valence-electron chi connectivity index (χ0n) is 7.06. The van der Waals surface area contributed by atoms with Crippen LogP contribution in [-0.2, 0) is 4.79 Å². The molecule has 1 atom stereocenters. The number of fused-ring (bicyclic) bond motifs is 1. The van der Waals surface area contributed by atoms with E-state index in [4.69, 9.17) is 0 Å². The molecule has 1 aromatic rings. The molecular formula is C8H7N3O3. The first kappa shape index (κ1) is 8.49. The van der Waals surface area contributed by atoms with Gasteiger partial charge in [0, 0.05) is 0 Å². The third-order valence-electron chi connectivity index (χ3n) is 1.94. The van der Waals surface area contributed by atoms with Gasteiger partial charge < -0.3 is 10.6 Å². The van der Waals surface area contributed by atoms with E-state index < -0.39 is 17.0 Å². The lowest BCUT2D eigenvalue weighted by atomic mass is 10.2. The van der Waals surface area contributed by atoms with Gasteiger partial charge in [-0.05, 0) is 12.1 Å². The van der Waals surface area contributed by atoms with E-state index in [1.807, 2.05) is 0 Å². The first-order valence-corrected chi connectivity index (χ1v) is 3.98. The van der Waals surface area contributed by atoms with Crippen molar-refractivity contribution >= 4 is 17.3 Å². The first-order valence-electron chi connectivity index (χ1n) is 3.98. The number of carbonyl (C=O) groups is 1. The second-order valence-corrected chi connectivity index (χ2v) is 2.87. The van der Waals surface area contributed by atoms with E-state index in [2.05, 4.69) is 10.6 Å². The van der Waals surface area contributed by atoms with Gasteiger partial charge in [0.15, 0.2) is 0 Å². The van der Waals surface area contributed by atoms with Crippen LogP contribution in [-0.4, -0.2) is 17.0 Å². The molecule has 1 aromatic carbocycles. The van der Waals surface area contributed by atoms with Crippen molar-refractivity contribution in [2.24, 2.45) is 0 Å². The summed E-state index contributed by atoms with van der Waals surface area (Å²) in [6.45, 7) is 0. The Bertz CT molecular complexity index is 405. The highest BCUT2D eigenvalue weighted by atomic mass is 16.6. The molecule has 0 radical (unpaired) electrons. The van der Waals surface area contributed by atoms with Gasteiger partial charge in [-0.15, -0.1) is 0 Å². The number of nitrogens with one attached hydrogen (secondary N) is 2. The molecule has 0 spiro atoms. The number of carbonyl (C=O) groups excluding carboxylic acids is 1. The fourth-order valence-corrected chi connectivity index (χ4v) is 1.28. The highest BCUT2D eigenvalue weighted by molar-refractivity contribution is 6.01. The molecule has 2 rings (SSSR count). The third kappa shape index (κ3) is 1.26. The SMILES string of the molecule is O=C1Nc2ccccc2NC1[N+](=O)[O-]. The van der Waals surface area contributed by atoms with E-state index >= 15 is 0 Å². The largest absolute Gasteiger partial charge is 0.363 e. The summed E-state index contributed by atoms with van der Waals surface area (Å²) >= 11 is 0. The van der Waals surface area contributed by atoms with Crippen LogP contribution >= 0.6 is 0 Å². The van der Waals surface area contributed by atoms with Crippen molar-refractivity contribution in [3.63, 3.8) is 0 Å². The van der Waals surface area contributed by atoms with Crippen LogP contribution in [0.1, 0.15) is 0 Å². The molecule has 0 aliphatic carbocycles. The Labute approximate surface area is 79.1 Å². The lowest BCUT2D eigenvalue weighted by molar-refractivity contribution is -0.500. The molecule has 6 heteroatoms. The minimum atomic E-state index is -1.40. The number of benzene rings is 1. The predicted molar refractivity (Wildman–Crippen MR) is 49.5 cm³/mol. The van der Waals surface area contributed by atoms with Crippen LogP contribution in [0, 0.1) is 10.1 Å². The van der Waals surface area contributed by atoms with Gasteiger partial charge in [-0.1, -0.05) is 12.1 Å². The van der Waals surface area contributed by atoms with Crippen molar-refractivity contribution in [2.75, 3.05) is 10.6 Å². The molecule has 1 amide bonds. The van der Waals surface area contributed by atoms with E-state index in [9.17, 15) is 14.9 Å². The molecule has 6 nitrogen and oxygen atoms in total. The van der Waals surface area contributed by atoms with Crippen molar-refractivity contribution < 1.29 is 9.72 Å². The van der Waals surface area contributed by atoms with Crippen LogP contribution in [0.3, 0.4) is 0 Å². The van der Waals surface area contributed by atoms with E-state index in [0.717, 1.165) is 0 Å². The highest BCUT2D eigenvalue weighted by Gasteiger charge is 2.34. The quantitative estimate of drug-likeness (QED) is 0.506. The summed E-state index contributed by atoms with van der Waals surface area (Å²) in [5, 5.41) is 15.4. The number of amides is 1. The van der Waals surface area contributed by atoms with Crippen LogP contribution < -0.4 is 10.6 Å². The number of para-hydroxylation sites is 2. The van der Waals surface area contributed by atoms with Gasteiger partial charge in [0.05, 0.1) is 16.3 Å². The monoisotopic (exact) mass is 193 g/mol. The predicted octanol–water partition coefficient (Wildman–Crippen LogP) is 0.653. The lowest BCUT2D eigenvalue weighted by Crippen LogP contribution is -2.44. The number of nitrogens with zero attached hydrogens (tertiary/aromatic N) is 1. The van der Waals surface area contributed by atoms with Gasteiger partial charge >= 0.3 is 12.1 Å². The average molecular weight is 193 g/mol. The zero-order chi connectivity index (χ0) is 10.1. The molecule has 1 aliphatic heterocycles. The number of nitro groups is 1. The fourth-order valence-electron chi connectivity index (χ4n) is 1.28. The van der Waals surface area contributed by atoms with Crippen LogP contribution in [0.15, 0.2) is 24.3 Å². The van der Waals surface area contributed by atoms with Crippen molar-refractivity contribution in [2.45, 2.75) is 6.17 Å². The summed E-state index contributed by atoms with van der Waals surface area (Å²) in [7, 11) is 0. The maximum atomic E-state index is 11.2. The summed E-state index contributed by atoms with van der Waals surface area (Å²) in [4.78, 5) is 21.0. The topological polar surface area (TPSA) is 84.3 Å². The molecule has 0 saturated carbocycles. The molecular weight excluding hydrogens is 186 g/mol. The minimum absolute atomic E-state index is 0.564. The van der Waals surface area contributed by atoms with Crippen molar-refractivity contribution in [1.82, 2.24) is 0 Å². The lowest BCUT2D eigenvalue weighted by Gasteiger charge is -2.20. The summed E-state index contributed by atoms with van der Waals surface area (Å²) in [5.74, 6) is -0.645. The first-order chi connectivity index (χ1) is 6.68. The summed E-state index contributed by atoms with van der Waals surface area (Å²) in [6, 6.07) is 6.83. The summed E-state index contributed by atoms with van der Waals surface area (Å²) < 4.78 is 0. The van der Waals surface area contributed by atoms with E-state index in [0.29, 0.717) is 11.4 Å². The Kier molecular flexibility index (Phi) is 1.81. The molecule has 1 unspecified atom stereocenters. The molecule has 0 aromatic heterocycles.